The number of carbonyl (C=O) groups excluding carboxylic acids is 1. The van der Waals surface area contributed by atoms with Gasteiger partial charge in [0.1, 0.15) is 5.82 Å². The van der Waals surface area contributed by atoms with Crippen LogP contribution in [0.25, 0.3) is 0 Å². The van der Waals surface area contributed by atoms with Crippen molar-refractivity contribution >= 4 is 11.7 Å². The molecule has 12 heavy (non-hydrogen) atoms. The van der Waals surface area contributed by atoms with Gasteiger partial charge in [-0.2, -0.15) is 9.78 Å². The Balaban J connectivity index is 2.59. The summed E-state index contributed by atoms with van der Waals surface area (Å²) < 4.78 is 1.21. The second-order valence-corrected chi connectivity index (χ2v) is 2.42. The van der Waals surface area contributed by atoms with Crippen LogP contribution in [-0.4, -0.2) is 29.3 Å². The summed E-state index contributed by atoms with van der Waals surface area (Å²) in [7, 11) is 1.79. The maximum Gasteiger partial charge on any atom is 0.250 e. The molecule has 0 saturated heterocycles. The predicted molar refractivity (Wildman–Crippen MR) is 45.8 cm³/mol. The van der Waals surface area contributed by atoms with Gasteiger partial charge in [0.15, 0.2) is 0 Å². The first-order valence-corrected chi connectivity index (χ1v) is 3.73. The van der Waals surface area contributed by atoms with Crippen molar-refractivity contribution in [2.24, 2.45) is 0 Å². The Bertz CT molecular complexity index is 268. The van der Waals surface area contributed by atoms with Crippen molar-refractivity contribution in [2.75, 3.05) is 19.3 Å². The quantitative estimate of drug-likeness (QED) is 0.650. The van der Waals surface area contributed by atoms with Crippen LogP contribution >= 0.6 is 0 Å². The SMILES string of the molecule is CNCCC(=O)n1nccc1N. The highest BCUT2D eigenvalue weighted by molar-refractivity contribution is 5.80. The Morgan fingerprint density at radius 3 is 3.08 bits per heavy atom. The molecule has 0 amide bonds. The van der Waals surface area contributed by atoms with Gasteiger partial charge in [-0.05, 0) is 7.05 Å². The molecular weight excluding hydrogens is 156 g/mol. The van der Waals surface area contributed by atoms with Crippen molar-refractivity contribution in [2.45, 2.75) is 6.42 Å². The number of nitrogens with one attached hydrogen (secondary N) is 1. The van der Waals surface area contributed by atoms with Crippen LogP contribution in [0.4, 0.5) is 5.82 Å². The molecule has 1 aromatic heterocycles. The lowest BCUT2D eigenvalue weighted by molar-refractivity contribution is 0.0890. The molecule has 1 aromatic rings. The average molecular weight is 168 g/mol. The van der Waals surface area contributed by atoms with Crippen LogP contribution in [0.5, 0.6) is 0 Å². The van der Waals surface area contributed by atoms with Crippen LogP contribution in [0.3, 0.4) is 0 Å². The van der Waals surface area contributed by atoms with Gasteiger partial charge >= 0.3 is 0 Å². The molecule has 0 atom stereocenters. The second kappa shape index (κ2) is 3.87. The summed E-state index contributed by atoms with van der Waals surface area (Å²) in [6, 6.07) is 1.59. The van der Waals surface area contributed by atoms with E-state index < -0.39 is 0 Å². The van der Waals surface area contributed by atoms with Gasteiger partial charge in [0.05, 0.1) is 6.20 Å². The van der Waals surface area contributed by atoms with Gasteiger partial charge in [0.25, 0.3) is 0 Å². The molecule has 0 saturated carbocycles. The molecule has 66 valence electrons. The molecule has 0 radical (unpaired) electrons. The third-order valence-electron chi connectivity index (χ3n) is 1.50. The van der Waals surface area contributed by atoms with Crippen LogP contribution in [0.2, 0.25) is 0 Å². The number of nitrogens with zero attached hydrogens (tertiary/aromatic N) is 2. The van der Waals surface area contributed by atoms with Crippen molar-refractivity contribution in [3.8, 4) is 0 Å². The van der Waals surface area contributed by atoms with Crippen LogP contribution in [0.15, 0.2) is 12.3 Å². The molecule has 1 heterocycles. The van der Waals surface area contributed by atoms with Gasteiger partial charge in [-0.3, -0.25) is 4.79 Å². The minimum absolute atomic E-state index is 0.0909. The highest BCUT2D eigenvalue weighted by atomic mass is 16.2. The van der Waals surface area contributed by atoms with Crippen LogP contribution in [0, 0.1) is 0 Å². The fourth-order valence-corrected chi connectivity index (χ4v) is 0.860. The van der Waals surface area contributed by atoms with E-state index >= 15 is 0 Å². The summed E-state index contributed by atoms with van der Waals surface area (Å²) in [6.45, 7) is 0.637. The predicted octanol–water partition coefficient (Wildman–Crippen LogP) is -0.285. The highest BCUT2D eigenvalue weighted by Crippen LogP contribution is 2.00. The molecule has 0 spiro atoms. The number of nitrogens with two attached hydrogens (primary N) is 1. The van der Waals surface area contributed by atoms with Crippen molar-refractivity contribution in [3.63, 3.8) is 0 Å². The number of nitrogen functional groups attached to an aromatic ring is 1. The number of anilines is 1. The molecule has 0 aliphatic rings. The summed E-state index contributed by atoms with van der Waals surface area (Å²) >= 11 is 0. The van der Waals surface area contributed by atoms with E-state index in [1.807, 2.05) is 0 Å². The summed E-state index contributed by atoms with van der Waals surface area (Å²) in [6.07, 6.45) is 1.91. The fourth-order valence-electron chi connectivity index (χ4n) is 0.860. The molecule has 3 N–H and O–H groups in total. The Labute approximate surface area is 70.5 Å². The topological polar surface area (TPSA) is 72.9 Å². The highest BCUT2D eigenvalue weighted by Gasteiger charge is 2.06. The molecule has 1 rings (SSSR count). The molecule has 0 aliphatic heterocycles. The molecular formula is C7H12N4O. The average Bonchev–Trinajstić information content (AvgIpc) is 2.47. The van der Waals surface area contributed by atoms with Gasteiger partial charge in [0.2, 0.25) is 5.91 Å². The number of hydrogen-bond donors (Lipinski definition) is 2. The zero-order valence-corrected chi connectivity index (χ0v) is 6.95. The van der Waals surface area contributed by atoms with Gasteiger partial charge in [0, 0.05) is 19.0 Å². The molecule has 0 fully saturated rings. The molecule has 5 heteroatoms. The van der Waals surface area contributed by atoms with Crippen molar-refractivity contribution in [1.29, 1.82) is 0 Å². The summed E-state index contributed by atoms with van der Waals surface area (Å²) in [5.74, 6) is 0.294. The third-order valence-corrected chi connectivity index (χ3v) is 1.50. The zero-order valence-electron chi connectivity index (χ0n) is 6.95. The standard InChI is InChI=1S/C7H12N4O/c1-9-4-3-7(12)11-6(8)2-5-10-11/h2,5,9H,3-4,8H2,1H3. The lowest BCUT2D eigenvalue weighted by Crippen LogP contribution is -2.20. The van der Waals surface area contributed by atoms with E-state index in [4.69, 9.17) is 5.73 Å². The van der Waals surface area contributed by atoms with Crippen LogP contribution in [0.1, 0.15) is 11.2 Å². The van der Waals surface area contributed by atoms with Gasteiger partial charge in [-0.15, -0.1) is 0 Å². The minimum atomic E-state index is -0.0909. The lowest BCUT2D eigenvalue weighted by atomic mass is 10.4. The van der Waals surface area contributed by atoms with E-state index in [-0.39, 0.29) is 5.91 Å². The third kappa shape index (κ3) is 1.82. The Kier molecular flexibility index (Phi) is 2.82. The van der Waals surface area contributed by atoms with E-state index in [9.17, 15) is 4.79 Å². The first-order chi connectivity index (χ1) is 5.75. The summed E-state index contributed by atoms with van der Waals surface area (Å²) in [5.41, 5.74) is 5.47. The van der Waals surface area contributed by atoms with Crippen molar-refractivity contribution in [3.05, 3.63) is 12.3 Å². The molecule has 0 unspecified atom stereocenters. The summed E-state index contributed by atoms with van der Waals surface area (Å²) in [4.78, 5) is 11.3. The Morgan fingerprint density at radius 2 is 2.58 bits per heavy atom. The molecule has 0 aliphatic carbocycles. The smallest absolute Gasteiger partial charge is 0.250 e. The summed E-state index contributed by atoms with van der Waals surface area (Å²) in [5, 5.41) is 6.66. The number of carbonyl (C=O) groups is 1. The normalized spacial score (nSPS) is 10.1. The zero-order chi connectivity index (χ0) is 8.97. The molecule has 0 aromatic carbocycles. The van der Waals surface area contributed by atoms with E-state index in [1.165, 1.54) is 10.9 Å². The minimum Gasteiger partial charge on any atom is -0.383 e. The van der Waals surface area contributed by atoms with E-state index in [2.05, 4.69) is 10.4 Å². The largest absolute Gasteiger partial charge is 0.383 e. The van der Waals surface area contributed by atoms with Crippen molar-refractivity contribution < 1.29 is 4.79 Å². The number of hydrogen-bond acceptors (Lipinski definition) is 4. The second-order valence-electron chi connectivity index (χ2n) is 2.42. The number of rotatable bonds is 3. The van der Waals surface area contributed by atoms with Crippen LogP contribution in [-0.2, 0) is 0 Å². The van der Waals surface area contributed by atoms with Gasteiger partial charge in [-0.25, -0.2) is 0 Å². The maximum atomic E-state index is 11.3. The van der Waals surface area contributed by atoms with E-state index in [0.717, 1.165) is 0 Å². The first kappa shape index (κ1) is 8.73. The molecule has 0 bridgehead atoms. The van der Waals surface area contributed by atoms with Crippen molar-refractivity contribution in [1.82, 2.24) is 15.1 Å². The Morgan fingerprint density at radius 1 is 1.83 bits per heavy atom. The monoisotopic (exact) mass is 168 g/mol. The van der Waals surface area contributed by atoms with Gasteiger partial charge < -0.3 is 11.1 Å². The maximum absolute atomic E-state index is 11.3. The van der Waals surface area contributed by atoms with Crippen LogP contribution < -0.4 is 11.1 Å². The van der Waals surface area contributed by atoms with E-state index in [1.54, 1.807) is 13.1 Å². The lowest BCUT2D eigenvalue weighted by Gasteiger charge is -2.01. The fraction of sp³-hybridized carbons (Fsp3) is 0.429. The number of aromatic nitrogens is 2. The van der Waals surface area contributed by atoms with Gasteiger partial charge in [-0.1, -0.05) is 0 Å². The van der Waals surface area contributed by atoms with E-state index in [0.29, 0.717) is 18.8 Å². The Hall–Kier alpha value is -1.36. The molecule has 5 nitrogen and oxygen atoms in total. The first-order valence-electron chi connectivity index (χ1n) is 3.73.